The molecule has 110 valence electrons. The van der Waals surface area contributed by atoms with Crippen molar-refractivity contribution in [2.24, 2.45) is 0 Å². The Labute approximate surface area is 124 Å². The van der Waals surface area contributed by atoms with Crippen molar-refractivity contribution in [2.75, 3.05) is 39.3 Å². The number of rotatable bonds is 3. The molecule has 1 N–H and O–H groups in total. The molecule has 2 aliphatic heterocycles. The summed E-state index contributed by atoms with van der Waals surface area (Å²) in [7, 11) is 0. The van der Waals surface area contributed by atoms with Gasteiger partial charge in [-0.3, -0.25) is 9.69 Å². The van der Waals surface area contributed by atoms with Gasteiger partial charge in [-0.05, 0) is 29.9 Å². The average molecular weight is 293 g/mol. The minimum absolute atomic E-state index is 0.245. The third-order valence-corrected chi connectivity index (χ3v) is 5.39. The van der Waals surface area contributed by atoms with E-state index in [2.05, 4.69) is 28.1 Å². The fraction of sp³-hybridized carbons (Fsp3) is 0.667. The van der Waals surface area contributed by atoms with Gasteiger partial charge < -0.3 is 10.2 Å². The normalized spacial score (nSPS) is 24.2. The van der Waals surface area contributed by atoms with Gasteiger partial charge in [0.05, 0.1) is 4.88 Å². The number of nitrogens with zero attached hydrogens (tertiary/aromatic N) is 2. The zero-order valence-corrected chi connectivity index (χ0v) is 12.9. The quantitative estimate of drug-likeness (QED) is 0.916. The van der Waals surface area contributed by atoms with Crippen LogP contribution in [0.3, 0.4) is 0 Å². The van der Waals surface area contributed by atoms with E-state index in [9.17, 15) is 4.79 Å². The average Bonchev–Trinajstić information content (AvgIpc) is 3.16. The highest BCUT2D eigenvalue weighted by molar-refractivity contribution is 7.12. The van der Waals surface area contributed by atoms with Gasteiger partial charge in [-0.15, -0.1) is 11.3 Å². The van der Waals surface area contributed by atoms with E-state index in [0.29, 0.717) is 6.04 Å². The van der Waals surface area contributed by atoms with Crippen molar-refractivity contribution in [3.05, 3.63) is 21.9 Å². The van der Waals surface area contributed by atoms with Crippen molar-refractivity contribution in [1.29, 1.82) is 0 Å². The maximum Gasteiger partial charge on any atom is 0.264 e. The molecule has 5 heteroatoms. The van der Waals surface area contributed by atoms with Crippen molar-refractivity contribution in [2.45, 2.75) is 25.8 Å². The Kier molecular flexibility index (Phi) is 4.38. The number of thiophene rings is 1. The molecular formula is C15H23N3OS. The van der Waals surface area contributed by atoms with Crippen LogP contribution in [0.1, 0.15) is 28.6 Å². The number of hydrogen-bond acceptors (Lipinski definition) is 4. The molecule has 1 atom stereocenters. The maximum absolute atomic E-state index is 12.6. The van der Waals surface area contributed by atoms with Crippen LogP contribution in [0, 0.1) is 0 Å². The van der Waals surface area contributed by atoms with E-state index in [1.54, 1.807) is 11.3 Å². The van der Waals surface area contributed by atoms with Gasteiger partial charge in [0.15, 0.2) is 0 Å². The van der Waals surface area contributed by atoms with Gasteiger partial charge in [0, 0.05) is 45.3 Å². The molecule has 2 saturated heterocycles. The lowest BCUT2D eigenvalue weighted by molar-refractivity contribution is 0.0777. The van der Waals surface area contributed by atoms with E-state index >= 15 is 0 Å². The number of hydrogen-bond donors (Lipinski definition) is 1. The van der Waals surface area contributed by atoms with Crippen molar-refractivity contribution in [3.63, 3.8) is 0 Å². The van der Waals surface area contributed by atoms with Crippen molar-refractivity contribution in [1.82, 2.24) is 15.1 Å². The Balaban J connectivity index is 1.63. The molecule has 0 spiro atoms. The highest BCUT2D eigenvalue weighted by Gasteiger charge is 2.32. The van der Waals surface area contributed by atoms with Crippen LogP contribution >= 0.6 is 11.3 Å². The zero-order valence-electron chi connectivity index (χ0n) is 12.1. The molecule has 1 unspecified atom stereocenters. The van der Waals surface area contributed by atoms with Crippen molar-refractivity contribution < 1.29 is 4.79 Å². The molecule has 0 aliphatic carbocycles. The first-order valence-corrected chi connectivity index (χ1v) is 8.48. The molecule has 0 radical (unpaired) electrons. The van der Waals surface area contributed by atoms with E-state index in [0.717, 1.165) is 57.0 Å². The lowest BCUT2D eigenvalue weighted by Gasteiger charge is -2.32. The monoisotopic (exact) mass is 293 g/mol. The highest BCUT2D eigenvalue weighted by Crippen LogP contribution is 2.23. The molecule has 1 amide bonds. The Morgan fingerprint density at radius 3 is 2.95 bits per heavy atom. The lowest BCUT2D eigenvalue weighted by Crippen LogP contribution is -2.49. The second kappa shape index (κ2) is 6.24. The summed E-state index contributed by atoms with van der Waals surface area (Å²) < 4.78 is 0. The summed E-state index contributed by atoms with van der Waals surface area (Å²) in [6.45, 7) is 8.32. The van der Waals surface area contributed by atoms with Crippen LogP contribution in [0.4, 0.5) is 0 Å². The molecular weight excluding hydrogens is 270 g/mol. The zero-order chi connectivity index (χ0) is 13.9. The van der Waals surface area contributed by atoms with Crippen LogP contribution in [-0.2, 0) is 6.42 Å². The molecule has 1 aromatic heterocycles. The second-order valence-electron chi connectivity index (χ2n) is 5.61. The number of carbonyl (C=O) groups is 1. The Bertz CT molecular complexity index is 467. The molecule has 3 heterocycles. The largest absolute Gasteiger partial charge is 0.336 e. The van der Waals surface area contributed by atoms with Crippen LogP contribution in [0.15, 0.2) is 11.4 Å². The lowest BCUT2D eigenvalue weighted by atomic mass is 10.2. The SMILES string of the molecule is CCc1ccsc1C(=O)N1CCC(N2CCNCC2)C1. The number of nitrogens with one attached hydrogen (secondary N) is 1. The van der Waals surface area contributed by atoms with Gasteiger partial charge in [-0.2, -0.15) is 0 Å². The minimum atomic E-state index is 0.245. The van der Waals surface area contributed by atoms with Gasteiger partial charge in [-0.25, -0.2) is 0 Å². The summed E-state index contributed by atoms with van der Waals surface area (Å²) in [5.41, 5.74) is 1.20. The molecule has 20 heavy (non-hydrogen) atoms. The number of aryl methyl sites for hydroxylation is 1. The van der Waals surface area contributed by atoms with Crippen LogP contribution in [0.25, 0.3) is 0 Å². The van der Waals surface area contributed by atoms with E-state index in [-0.39, 0.29) is 5.91 Å². The Hall–Kier alpha value is -0.910. The van der Waals surface area contributed by atoms with Crippen LogP contribution in [0.5, 0.6) is 0 Å². The summed E-state index contributed by atoms with van der Waals surface area (Å²) in [5, 5.41) is 5.43. The Morgan fingerprint density at radius 2 is 2.20 bits per heavy atom. The standard InChI is InChI=1S/C15H23N3OS/c1-2-12-4-10-20-14(12)15(19)18-7-3-13(11-18)17-8-5-16-6-9-17/h4,10,13,16H,2-3,5-9,11H2,1H3. The van der Waals surface area contributed by atoms with Crippen LogP contribution in [-0.4, -0.2) is 61.0 Å². The first-order chi connectivity index (χ1) is 9.79. The van der Waals surface area contributed by atoms with Gasteiger partial charge in [-0.1, -0.05) is 6.92 Å². The molecule has 0 bridgehead atoms. The van der Waals surface area contributed by atoms with Gasteiger partial charge in [0.1, 0.15) is 0 Å². The van der Waals surface area contributed by atoms with E-state index in [1.807, 2.05) is 5.38 Å². The maximum atomic E-state index is 12.6. The number of likely N-dealkylation sites (tertiary alicyclic amines) is 1. The predicted molar refractivity (Wildman–Crippen MR) is 82.4 cm³/mol. The van der Waals surface area contributed by atoms with Gasteiger partial charge in [0.25, 0.3) is 5.91 Å². The second-order valence-corrected chi connectivity index (χ2v) is 6.52. The first kappa shape index (κ1) is 14.0. The molecule has 2 aliphatic rings. The summed E-state index contributed by atoms with van der Waals surface area (Å²) in [4.78, 5) is 18.2. The third kappa shape index (κ3) is 2.75. The molecule has 3 rings (SSSR count). The molecule has 2 fully saturated rings. The molecule has 4 nitrogen and oxygen atoms in total. The summed E-state index contributed by atoms with van der Waals surface area (Å²) in [5.74, 6) is 0.245. The van der Waals surface area contributed by atoms with Gasteiger partial charge in [0.2, 0.25) is 0 Å². The smallest absolute Gasteiger partial charge is 0.264 e. The highest BCUT2D eigenvalue weighted by atomic mass is 32.1. The molecule has 0 aromatic carbocycles. The topological polar surface area (TPSA) is 35.6 Å². The molecule has 1 aromatic rings. The van der Waals surface area contributed by atoms with Crippen molar-refractivity contribution in [3.8, 4) is 0 Å². The Morgan fingerprint density at radius 1 is 1.40 bits per heavy atom. The summed E-state index contributed by atoms with van der Waals surface area (Å²) >= 11 is 1.59. The van der Waals surface area contributed by atoms with Crippen molar-refractivity contribution >= 4 is 17.2 Å². The number of piperazine rings is 1. The number of amides is 1. The number of carbonyl (C=O) groups excluding carboxylic acids is 1. The minimum Gasteiger partial charge on any atom is -0.336 e. The fourth-order valence-corrected chi connectivity index (χ4v) is 4.18. The summed E-state index contributed by atoms with van der Waals surface area (Å²) in [6.07, 6.45) is 2.07. The van der Waals surface area contributed by atoms with E-state index < -0.39 is 0 Å². The predicted octanol–water partition coefficient (Wildman–Crippen LogP) is 1.43. The summed E-state index contributed by atoms with van der Waals surface area (Å²) in [6, 6.07) is 2.65. The first-order valence-electron chi connectivity index (χ1n) is 7.60. The fourth-order valence-electron chi connectivity index (χ4n) is 3.22. The third-order valence-electron chi connectivity index (χ3n) is 4.44. The van der Waals surface area contributed by atoms with Crippen LogP contribution < -0.4 is 5.32 Å². The van der Waals surface area contributed by atoms with E-state index in [4.69, 9.17) is 0 Å². The van der Waals surface area contributed by atoms with Crippen LogP contribution in [0.2, 0.25) is 0 Å². The van der Waals surface area contributed by atoms with Gasteiger partial charge >= 0.3 is 0 Å². The van der Waals surface area contributed by atoms with E-state index in [1.165, 1.54) is 5.56 Å². The molecule has 0 saturated carbocycles.